The third-order valence-electron chi connectivity index (χ3n) is 5.48. The maximum atomic E-state index is 12.8. The van der Waals surface area contributed by atoms with Crippen LogP contribution in [0, 0.1) is 11.3 Å². The summed E-state index contributed by atoms with van der Waals surface area (Å²) in [6.07, 6.45) is 7.18. The van der Waals surface area contributed by atoms with Crippen LogP contribution in [0.5, 0.6) is 0 Å². The van der Waals surface area contributed by atoms with Crippen molar-refractivity contribution in [3.8, 4) is 6.07 Å². The molecular formula is C18H25N3OS. The molecule has 1 aromatic rings. The van der Waals surface area contributed by atoms with Crippen LogP contribution in [-0.2, 0) is 4.79 Å². The number of hydrogen-bond acceptors (Lipinski definition) is 4. The molecule has 0 bridgehead atoms. The lowest BCUT2D eigenvalue weighted by Gasteiger charge is -2.40. The first-order chi connectivity index (χ1) is 11.2. The van der Waals surface area contributed by atoms with E-state index in [2.05, 4.69) is 28.5 Å². The summed E-state index contributed by atoms with van der Waals surface area (Å²) in [6, 6.07) is 7.07. The van der Waals surface area contributed by atoms with Crippen LogP contribution in [0.4, 0.5) is 0 Å². The van der Waals surface area contributed by atoms with Crippen molar-refractivity contribution in [3.63, 3.8) is 0 Å². The molecule has 0 unspecified atom stereocenters. The number of nitrogens with zero attached hydrogens (tertiary/aromatic N) is 3. The van der Waals surface area contributed by atoms with Crippen molar-refractivity contribution in [1.29, 1.82) is 5.26 Å². The highest BCUT2D eigenvalue weighted by molar-refractivity contribution is 7.10. The Morgan fingerprint density at radius 1 is 1.43 bits per heavy atom. The zero-order chi connectivity index (χ0) is 16.3. The quantitative estimate of drug-likeness (QED) is 0.847. The molecule has 0 radical (unpaired) electrons. The summed E-state index contributed by atoms with van der Waals surface area (Å²) in [7, 11) is 1.83. The Morgan fingerprint density at radius 3 is 2.87 bits per heavy atom. The predicted octanol–water partition coefficient (Wildman–Crippen LogP) is 3.57. The molecule has 0 spiro atoms. The van der Waals surface area contributed by atoms with E-state index in [1.165, 1.54) is 11.3 Å². The number of carbonyl (C=O) groups is 1. The molecule has 2 aliphatic rings. The second kappa shape index (κ2) is 7.02. The van der Waals surface area contributed by atoms with Gasteiger partial charge in [0.15, 0.2) is 0 Å². The lowest BCUT2D eigenvalue weighted by atomic mass is 9.81. The van der Waals surface area contributed by atoms with E-state index < -0.39 is 5.54 Å². The number of rotatable bonds is 4. The lowest BCUT2D eigenvalue weighted by molar-refractivity contribution is -0.136. The lowest BCUT2D eigenvalue weighted by Crippen LogP contribution is -2.52. The zero-order valence-electron chi connectivity index (χ0n) is 13.8. The van der Waals surface area contributed by atoms with Crippen molar-refractivity contribution < 1.29 is 4.79 Å². The molecule has 0 aromatic carbocycles. The van der Waals surface area contributed by atoms with Crippen LogP contribution < -0.4 is 0 Å². The van der Waals surface area contributed by atoms with Gasteiger partial charge in [-0.25, -0.2) is 0 Å². The van der Waals surface area contributed by atoms with Crippen molar-refractivity contribution in [2.75, 3.05) is 20.1 Å². The SMILES string of the molecule is CN(C(=O)CN1CCC[C@H]1c1cccs1)C1(C#N)CCCCC1. The van der Waals surface area contributed by atoms with Gasteiger partial charge in [0, 0.05) is 18.0 Å². The molecule has 1 amide bonds. The number of amides is 1. The third kappa shape index (κ3) is 3.29. The first-order valence-electron chi connectivity index (χ1n) is 8.62. The predicted molar refractivity (Wildman–Crippen MR) is 92.1 cm³/mol. The summed E-state index contributed by atoms with van der Waals surface area (Å²) in [5.41, 5.74) is -0.576. The van der Waals surface area contributed by atoms with E-state index in [-0.39, 0.29) is 5.91 Å². The molecule has 1 aliphatic carbocycles. The van der Waals surface area contributed by atoms with E-state index in [0.29, 0.717) is 12.6 Å². The minimum atomic E-state index is -0.576. The fourth-order valence-corrected chi connectivity index (χ4v) is 4.89. The number of hydrogen-bond donors (Lipinski definition) is 0. The van der Waals surface area contributed by atoms with Crippen LogP contribution in [0.2, 0.25) is 0 Å². The van der Waals surface area contributed by atoms with Gasteiger partial charge in [-0.2, -0.15) is 5.26 Å². The average molecular weight is 331 g/mol. The van der Waals surface area contributed by atoms with Crippen molar-refractivity contribution in [2.24, 2.45) is 0 Å². The fourth-order valence-electron chi connectivity index (χ4n) is 4.00. The summed E-state index contributed by atoms with van der Waals surface area (Å²) in [6.45, 7) is 1.41. The highest BCUT2D eigenvalue weighted by Gasteiger charge is 2.40. The van der Waals surface area contributed by atoms with Gasteiger partial charge < -0.3 is 4.90 Å². The molecule has 1 saturated heterocycles. The summed E-state index contributed by atoms with van der Waals surface area (Å²) in [5, 5.41) is 11.8. The van der Waals surface area contributed by atoms with E-state index in [1.807, 2.05) is 7.05 Å². The molecule has 1 atom stereocenters. The molecule has 0 N–H and O–H groups in total. The van der Waals surface area contributed by atoms with Gasteiger partial charge in [-0.1, -0.05) is 25.3 Å². The van der Waals surface area contributed by atoms with Crippen molar-refractivity contribution in [1.82, 2.24) is 9.80 Å². The van der Waals surface area contributed by atoms with E-state index in [4.69, 9.17) is 0 Å². The zero-order valence-corrected chi connectivity index (χ0v) is 14.6. The fraction of sp³-hybridized carbons (Fsp3) is 0.667. The summed E-state index contributed by atoms with van der Waals surface area (Å²) < 4.78 is 0. The van der Waals surface area contributed by atoms with Crippen LogP contribution >= 0.6 is 11.3 Å². The van der Waals surface area contributed by atoms with Gasteiger partial charge in [0.05, 0.1) is 12.6 Å². The summed E-state index contributed by atoms with van der Waals surface area (Å²) in [4.78, 5) is 18.2. The highest BCUT2D eigenvalue weighted by atomic mass is 32.1. The number of nitriles is 1. The Bertz CT molecular complexity index is 572. The van der Waals surface area contributed by atoms with Gasteiger partial charge in [0.1, 0.15) is 5.54 Å². The Hall–Kier alpha value is -1.38. The van der Waals surface area contributed by atoms with E-state index in [0.717, 1.165) is 45.1 Å². The van der Waals surface area contributed by atoms with Gasteiger partial charge in [-0.05, 0) is 43.7 Å². The van der Waals surface area contributed by atoms with Gasteiger partial charge in [-0.3, -0.25) is 9.69 Å². The monoisotopic (exact) mass is 331 g/mol. The molecule has 2 heterocycles. The Labute approximate surface area is 142 Å². The second-order valence-corrected chi connectivity index (χ2v) is 7.78. The first-order valence-corrected chi connectivity index (χ1v) is 9.50. The van der Waals surface area contributed by atoms with E-state index >= 15 is 0 Å². The van der Waals surface area contributed by atoms with Crippen LogP contribution in [0.25, 0.3) is 0 Å². The van der Waals surface area contributed by atoms with E-state index in [1.54, 1.807) is 16.2 Å². The Kier molecular flexibility index (Phi) is 5.03. The summed E-state index contributed by atoms with van der Waals surface area (Å²) in [5.74, 6) is 0.0944. The Balaban J connectivity index is 1.67. The van der Waals surface area contributed by atoms with Crippen LogP contribution in [0.15, 0.2) is 17.5 Å². The van der Waals surface area contributed by atoms with Gasteiger partial charge >= 0.3 is 0 Å². The average Bonchev–Trinajstić information content (AvgIpc) is 3.25. The van der Waals surface area contributed by atoms with Crippen LogP contribution in [0.3, 0.4) is 0 Å². The topological polar surface area (TPSA) is 47.3 Å². The van der Waals surface area contributed by atoms with Gasteiger partial charge in [-0.15, -0.1) is 11.3 Å². The highest BCUT2D eigenvalue weighted by Crippen LogP contribution is 2.36. The minimum absolute atomic E-state index is 0.0944. The van der Waals surface area contributed by atoms with Crippen molar-refractivity contribution in [2.45, 2.75) is 56.5 Å². The largest absolute Gasteiger partial charge is 0.326 e. The Morgan fingerprint density at radius 2 is 2.22 bits per heavy atom. The van der Waals surface area contributed by atoms with Crippen LogP contribution in [0.1, 0.15) is 55.9 Å². The molecule has 2 fully saturated rings. The molecule has 3 rings (SSSR count). The normalized spacial score (nSPS) is 24.3. The molecular weight excluding hydrogens is 306 g/mol. The maximum absolute atomic E-state index is 12.8. The third-order valence-corrected chi connectivity index (χ3v) is 6.45. The summed E-state index contributed by atoms with van der Waals surface area (Å²) >= 11 is 1.77. The molecule has 23 heavy (non-hydrogen) atoms. The molecule has 5 heteroatoms. The maximum Gasteiger partial charge on any atom is 0.237 e. The molecule has 1 aromatic heterocycles. The van der Waals surface area contributed by atoms with E-state index in [9.17, 15) is 10.1 Å². The smallest absolute Gasteiger partial charge is 0.237 e. The van der Waals surface area contributed by atoms with Crippen molar-refractivity contribution in [3.05, 3.63) is 22.4 Å². The molecule has 1 saturated carbocycles. The molecule has 4 nitrogen and oxygen atoms in total. The molecule has 124 valence electrons. The number of likely N-dealkylation sites (N-methyl/N-ethyl adjacent to an activating group) is 1. The standard InChI is InChI=1S/C18H25N3OS/c1-20(18(14-19)9-3-2-4-10-18)17(22)13-21-11-5-7-15(21)16-8-6-12-23-16/h6,8,12,15H,2-5,7,9-11,13H2,1H3/t15-/m0/s1. The van der Waals surface area contributed by atoms with Crippen molar-refractivity contribution >= 4 is 17.2 Å². The van der Waals surface area contributed by atoms with Gasteiger partial charge in [0.2, 0.25) is 5.91 Å². The number of thiophene rings is 1. The first kappa shape index (κ1) is 16.5. The molecule has 1 aliphatic heterocycles. The second-order valence-electron chi connectivity index (χ2n) is 6.80. The van der Waals surface area contributed by atoms with Crippen LogP contribution in [-0.4, -0.2) is 41.4 Å². The van der Waals surface area contributed by atoms with Gasteiger partial charge in [0.25, 0.3) is 0 Å². The minimum Gasteiger partial charge on any atom is -0.326 e. The number of carbonyl (C=O) groups excluding carboxylic acids is 1. The number of likely N-dealkylation sites (tertiary alicyclic amines) is 1.